The molecule has 88 valence electrons. The number of nitrogens with two attached hydrogens (primary N) is 1. The van der Waals surface area contributed by atoms with Crippen molar-refractivity contribution >= 4 is 17.6 Å². The van der Waals surface area contributed by atoms with Gasteiger partial charge in [-0.15, -0.1) is 6.42 Å². The molecule has 1 aromatic rings. The Hall–Kier alpha value is -1.66. The number of terminal acetylenes is 1. The van der Waals surface area contributed by atoms with Crippen LogP contribution in [0, 0.1) is 12.3 Å². The van der Waals surface area contributed by atoms with E-state index in [0.717, 1.165) is 25.1 Å². The third-order valence-electron chi connectivity index (χ3n) is 2.79. The fourth-order valence-corrected chi connectivity index (χ4v) is 1.74. The molecule has 17 heavy (non-hydrogen) atoms. The number of rotatable bonds is 2. The van der Waals surface area contributed by atoms with Crippen LogP contribution in [0.1, 0.15) is 18.0 Å². The molecular weight excluding hydrogens is 234 g/mol. The van der Waals surface area contributed by atoms with Crippen molar-refractivity contribution in [3.05, 3.63) is 34.9 Å². The molecule has 2 N–H and O–H groups in total. The largest absolute Gasteiger partial charge is 0.370 e. The number of aliphatic imine (C=N–C) groups is 1. The normalized spacial score (nSPS) is 17.2. The molecule has 1 heterocycles. The summed E-state index contributed by atoms with van der Waals surface area (Å²) in [6.45, 7) is 1.93. The third kappa shape index (κ3) is 2.72. The summed E-state index contributed by atoms with van der Waals surface area (Å²) >= 11 is 5.83. The molecule has 1 atom stereocenters. The molecule has 1 aromatic carbocycles. The lowest BCUT2D eigenvalue weighted by atomic mass is 10.1. The fourth-order valence-electron chi connectivity index (χ4n) is 1.61. The number of guanidine groups is 1. The zero-order valence-electron chi connectivity index (χ0n) is 9.44. The molecule has 0 aliphatic carbocycles. The van der Waals surface area contributed by atoms with Crippen LogP contribution in [-0.2, 0) is 0 Å². The third-order valence-corrected chi connectivity index (χ3v) is 3.04. The predicted octanol–water partition coefficient (Wildman–Crippen LogP) is 2.03. The van der Waals surface area contributed by atoms with Gasteiger partial charge < -0.3 is 10.6 Å². The van der Waals surface area contributed by atoms with E-state index in [2.05, 4.69) is 10.9 Å². The zero-order valence-corrected chi connectivity index (χ0v) is 10.2. The molecule has 0 radical (unpaired) electrons. The lowest BCUT2D eigenvalue weighted by molar-refractivity contribution is 0.295. The van der Waals surface area contributed by atoms with Crippen molar-refractivity contribution < 1.29 is 0 Å². The van der Waals surface area contributed by atoms with Crippen LogP contribution in [0.2, 0.25) is 5.02 Å². The average molecular weight is 248 g/mol. The fraction of sp³-hybridized carbons (Fsp3) is 0.308. The molecule has 1 unspecified atom stereocenters. The Balaban J connectivity index is 2.16. The van der Waals surface area contributed by atoms with Crippen LogP contribution in [0.25, 0.3) is 0 Å². The van der Waals surface area contributed by atoms with E-state index in [1.165, 1.54) is 0 Å². The summed E-state index contributed by atoms with van der Waals surface area (Å²) in [5.74, 6) is 3.16. The second kappa shape index (κ2) is 5.11. The van der Waals surface area contributed by atoms with E-state index in [9.17, 15) is 0 Å². The molecule has 1 fully saturated rings. The van der Waals surface area contributed by atoms with Crippen LogP contribution < -0.4 is 5.73 Å². The van der Waals surface area contributed by atoms with E-state index in [1.807, 2.05) is 17.0 Å². The molecule has 1 aliphatic heterocycles. The quantitative estimate of drug-likeness (QED) is 0.494. The highest BCUT2D eigenvalue weighted by molar-refractivity contribution is 6.30. The molecular formula is C13H14ClN3. The maximum Gasteiger partial charge on any atom is 0.192 e. The van der Waals surface area contributed by atoms with Gasteiger partial charge in [-0.1, -0.05) is 29.7 Å². The summed E-state index contributed by atoms with van der Waals surface area (Å²) in [4.78, 5) is 6.37. The summed E-state index contributed by atoms with van der Waals surface area (Å²) in [5.41, 5.74) is 6.81. The first-order valence-corrected chi connectivity index (χ1v) is 5.88. The van der Waals surface area contributed by atoms with Crippen LogP contribution in [0.5, 0.6) is 0 Å². The Morgan fingerprint density at radius 3 is 2.53 bits per heavy atom. The van der Waals surface area contributed by atoms with Gasteiger partial charge in [-0.2, -0.15) is 0 Å². The minimum absolute atomic E-state index is 0.340. The van der Waals surface area contributed by atoms with E-state index in [1.54, 1.807) is 12.1 Å². The topological polar surface area (TPSA) is 41.6 Å². The molecule has 2 rings (SSSR count). The number of hydrogen-bond acceptors (Lipinski definition) is 1. The SMILES string of the molecule is C#CC(N=C(N)N1CCC1)c1ccc(Cl)cc1. The molecule has 3 nitrogen and oxygen atoms in total. The molecule has 1 aliphatic rings. The van der Waals surface area contributed by atoms with Gasteiger partial charge in [0.15, 0.2) is 5.96 Å². The van der Waals surface area contributed by atoms with Gasteiger partial charge in [-0.25, -0.2) is 4.99 Å². The summed E-state index contributed by atoms with van der Waals surface area (Å²) in [5, 5.41) is 0.684. The van der Waals surface area contributed by atoms with Gasteiger partial charge in [0, 0.05) is 18.1 Å². The summed E-state index contributed by atoms with van der Waals surface area (Å²) < 4.78 is 0. The monoisotopic (exact) mass is 247 g/mol. The van der Waals surface area contributed by atoms with Crippen molar-refractivity contribution in [1.82, 2.24) is 4.90 Å². The highest BCUT2D eigenvalue weighted by Gasteiger charge is 2.17. The Kier molecular flexibility index (Phi) is 3.55. The highest BCUT2D eigenvalue weighted by Crippen LogP contribution is 2.19. The number of likely N-dealkylation sites (tertiary alicyclic amines) is 1. The van der Waals surface area contributed by atoms with E-state index >= 15 is 0 Å². The Labute approximate surface area is 106 Å². The number of nitrogens with zero attached hydrogens (tertiary/aromatic N) is 2. The smallest absolute Gasteiger partial charge is 0.192 e. The van der Waals surface area contributed by atoms with Gasteiger partial charge in [-0.05, 0) is 24.1 Å². The molecule has 1 saturated heterocycles. The van der Waals surface area contributed by atoms with E-state index in [-0.39, 0.29) is 6.04 Å². The average Bonchev–Trinajstić information content (AvgIpc) is 2.25. The molecule has 0 saturated carbocycles. The van der Waals surface area contributed by atoms with Crippen LogP contribution >= 0.6 is 11.6 Å². The van der Waals surface area contributed by atoms with Gasteiger partial charge >= 0.3 is 0 Å². The molecule has 0 spiro atoms. The van der Waals surface area contributed by atoms with Gasteiger partial charge in [0.05, 0.1) is 0 Å². The first-order chi connectivity index (χ1) is 8.20. The van der Waals surface area contributed by atoms with Crippen molar-refractivity contribution in [2.45, 2.75) is 12.5 Å². The van der Waals surface area contributed by atoms with Crippen molar-refractivity contribution in [3.8, 4) is 12.3 Å². The van der Waals surface area contributed by atoms with Crippen molar-refractivity contribution in [2.75, 3.05) is 13.1 Å². The van der Waals surface area contributed by atoms with E-state index in [0.29, 0.717) is 11.0 Å². The summed E-state index contributed by atoms with van der Waals surface area (Å²) in [7, 11) is 0. The van der Waals surface area contributed by atoms with Crippen LogP contribution in [0.15, 0.2) is 29.3 Å². The van der Waals surface area contributed by atoms with Crippen molar-refractivity contribution in [2.24, 2.45) is 10.7 Å². The minimum Gasteiger partial charge on any atom is -0.370 e. The lowest BCUT2D eigenvalue weighted by Crippen LogP contribution is -2.46. The number of halogens is 1. The summed E-state index contributed by atoms with van der Waals surface area (Å²) in [6, 6.07) is 7.01. The molecule has 0 amide bonds. The molecule has 0 bridgehead atoms. The van der Waals surface area contributed by atoms with Crippen LogP contribution in [0.4, 0.5) is 0 Å². The Bertz CT molecular complexity index is 455. The van der Waals surface area contributed by atoms with Crippen LogP contribution in [-0.4, -0.2) is 23.9 Å². The van der Waals surface area contributed by atoms with E-state index in [4.69, 9.17) is 23.8 Å². The van der Waals surface area contributed by atoms with Gasteiger partial charge in [0.25, 0.3) is 0 Å². The molecule has 4 heteroatoms. The van der Waals surface area contributed by atoms with Crippen LogP contribution in [0.3, 0.4) is 0 Å². The molecule has 0 aromatic heterocycles. The van der Waals surface area contributed by atoms with E-state index < -0.39 is 0 Å². The Morgan fingerprint density at radius 2 is 2.06 bits per heavy atom. The van der Waals surface area contributed by atoms with Crippen molar-refractivity contribution in [3.63, 3.8) is 0 Å². The predicted molar refractivity (Wildman–Crippen MR) is 70.8 cm³/mol. The second-order valence-electron chi connectivity index (χ2n) is 3.95. The highest BCUT2D eigenvalue weighted by atomic mass is 35.5. The number of benzene rings is 1. The number of hydrogen-bond donors (Lipinski definition) is 1. The first kappa shape index (κ1) is 11.8. The van der Waals surface area contributed by atoms with Gasteiger partial charge in [0.2, 0.25) is 0 Å². The second-order valence-corrected chi connectivity index (χ2v) is 4.39. The summed E-state index contributed by atoms with van der Waals surface area (Å²) in [6.07, 6.45) is 6.65. The zero-order chi connectivity index (χ0) is 12.3. The maximum atomic E-state index is 5.88. The standard InChI is InChI=1S/C13H14ClN3/c1-2-12(10-4-6-11(14)7-5-10)16-13(15)17-8-3-9-17/h1,4-7,12H,3,8-9H2,(H2,15,16). The Morgan fingerprint density at radius 1 is 1.41 bits per heavy atom. The lowest BCUT2D eigenvalue weighted by Gasteiger charge is -2.32. The minimum atomic E-state index is -0.340. The maximum absolute atomic E-state index is 5.88. The van der Waals surface area contributed by atoms with Gasteiger partial charge in [-0.3, -0.25) is 0 Å². The van der Waals surface area contributed by atoms with Gasteiger partial charge in [0.1, 0.15) is 6.04 Å². The van der Waals surface area contributed by atoms with Crippen molar-refractivity contribution in [1.29, 1.82) is 0 Å². The first-order valence-electron chi connectivity index (χ1n) is 5.50.